The van der Waals surface area contributed by atoms with Crippen LogP contribution < -0.4 is 5.32 Å². The fourth-order valence-electron chi connectivity index (χ4n) is 4.68. The zero-order valence-electron chi connectivity index (χ0n) is 16.8. The first kappa shape index (κ1) is 19.6. The van der Waals surface area contributed by atoms with Crippen LogP contribution in [0.5, 0.6) is 0 Å². The van der Waals surface area contributed by atoms with E-state index in [-0.39, 0.29) is 23.5 Å². The minimum Gasteiger partial charge on any atom is -0.347 e. The van der Waals surface area contributed by atoms with Crippen molar-refractivity contribution in [3.05, 3.63) is 48.0 Å². The molecule has 4 rings (SSSR count). The predicted octanol–water partition coefficient (Wildman–Crippen LogP) is 1.57. The highest BCUT2D eigenvalue weighted by atomic mass is 19.1. The van der Waals surface area contributed by atoms with Crippen LogP contribution in [0.15, 0.2) is 36.7 Å². The minimum atomic E-state index is -0.400. The molecule has 1 N–H and O–H groups in total. The maximum atomic E-state index is 13.1. The van der Waals surface area contributed by atoms with Crippen molar-refractivity contribution < 1.29 is 14.0 Å². The second kappa shape index (κ2) is 7.59. The van der Waals surface area contributed by atoms with Gasteiger partial charge in [-0.2, -0.15) is 5.10 Å². The van der Waals surface area contributed by atoms with Crippen molar-refractivity contribution in [2.45, 2.75) is 32.4 Å². The molecular weight excluding hydrogens is 373 g/mol. The van der Waals surface area contributed by atoms with E-state index in [1.54, 1.807) is 23.7 Å². The molecule has 2 saturated heterocycles. The summed E-state index contributed by atoms with van der Waals surface area (Å²) in [7, 11) is 0. The van der Waals surface area contributed by atoms with Gasteiger partial charge in [0.15, 0.2) is 0 Å². The van der Waals surface area contributed by atoms with Gasteiger partial charge in [-0.1, -0.05) is 0 Å². The van der Waals surface area contributed by atoms with E-state index in [0.717, 1.165) is 24.2 Å². The molecular formula is C21H26FN5O2. The summed E-state index contributed by atoms with van der Waals surface area (Å²) in [6.45, 7) is 6.68. The van der Waals surface area contributed by atoms with Crippen LogP contribution in [0.3, 0.4) is 0 Å². The molecule has 1 aromatic heterocycles. The number of nitrogens with one attached hydrogen (secondary N) is 1. The molecule has 2 aromatic rings. The molecule has 0 radical (unpaired) electrons. The first-order valence-electron chi connectivity index (χ1n) is 9.91. The zero-order valence-corrected chi connectivity index (χ0v) is 16.8. The normalized spacial score (nSPS) is 24.4. The van der Waals surface area contributed by atoms with Gasteiger partial charge in [-0.15, -0.1) is 0 Å². The van der Waals surface area contributed by atoms with Crippen LogP contribution in [-0.4, -0.2) is 63.1 Å². The van der Waals surface area contributed by atoms with E-state index >= 15 is 0 Å². The molecule has 154 valence electrons. The lowest BCUT2D eigenvalue weighted by molar-refractivity contribution is -0.128. The summed E-state index contributed by atoms with van der Waals surface area (Å²) in [5, 5.41) is 7.56. The van der Waals surface area contributed by atoms with E-state index in [2.05, 4.69) is 15.3 Å². The first-order valence-corrected chi connectivity index (χ1v) is 9.91. The average molecular weight is 399 g/mol. The number of hydrogen-bond donors (Lipinski definition) is 1. The molecule has 0 spiro atoms. The molecule has 7 nitrogen and oxygen atoms in total. The molecule has 3 heterocycles. The Labute approximate surface area is 169 Å². The van der Waals surface area contributed by atoms with Gasteiger partial charge in [-0.05, 0) is 37.2 Å². The molecule has 8 heteroatoms. The molecule has 2 amide bonds. The number of piperidine rings is 1. The van der Waals surface area contributed by atoms with Crippen molar-refractivity contribution in [2.24, 2.45) is 5.92 Å². The van der Waals surface area contributed by atoms with Gasteiger partial charge in [-0.25, -0.2) is 9.07 Å². The lowest BCUT2D eigenvalue weighted by atomic mass is 9.80. The Kier molecular flexibility index (Phi) is 5.12. The zero-order chi connectivity index (χ0) is 20.6. The van der Waals surface area contributed by atoms with Gasteiger partial charge in [0.2, 0.25) is 11.8 Å². The van der Waals surface area contributed by atoms with E-state index < -0.39 is 5.54 Å². The highest BCUT2D eigenvalue weighted by Gasteiger charge is 2.50. The molecule has 29 heavy (non-hydrogen) atoms. The number of aromatic nitrogens is 2. The molecule has 2 aliphatic heterocycles. The van der Waals surface area contributed by atoms with Crippen LogP contribution in [0.1, 0.15) is 25.8 Å². The van der Waals surface area contributed by atoms with Gasteiger partial charge in [0.1, 0.15) is 5.82 Å². The molecule has 0 unspecified atom stereocenters. The Morgan fingerprint density at radius 1 is 1.24 bits per heavy atom. The lowest BCUT2D eigenvalue weighted by Gasteiger charge is -2.44. The number of rotatable bonds is 4. The largest absolute Gasteiger partial charge is 0.347 e. The summed E-state index contributed by atoms with van der Waals surface area (Å²) < 4.78 is 14.9. The third-order valence-electron chi connectivity index (χ3n) is 6.00. The van der Waals surface area contributed by atoms with Crippen LogP contribution in [0.2, 0.25) is 0 Å². The standard InChI is InChI=1S/C21H26FN5O2/c1-15(28)24-21-13-25(8-7-18(21)12-26(14-21)16(2)29)10-17-9-23-27(11-17)20-5-3-19(22)4-6-20/h3-6,9,11,18H,7-8,10,12-14H2,1-2H3,(H,24,28)/t18-,21-/m1/s1. The number of amides is 2. The molecule has 0 bridgehead atoms. The van der Waals surface area contributed by atoms with Crippen molar-refractivity contribution in [2.75, 3.05) is 26.2 Å². The van der Waals surface area contributed by atoms with E-state index in [4.69, 9.17) is 0 Å². The van der Waals surface area contributed by atoms with E-state index in [1.165, 1.54) is 19.1 Å². The molecule has 2 aliphatic rings. The van der Waals surface area contributed by atoms with E-state index in [9.17, 15) is 14.0 Å². The van der Waals surface area contributed by atoms with Gasteiger partial charge >= 0.3 is 0 Å². The number of benzene rings is 1. The third kappa shape index (κ3) is 4.03. The third-order valence-corrected chi connectivity index (χ3v) is 6.00. The quantitative estimate of drug-likeness (QED) is 0.847. The van der Waals surface area contributed by atoms with Crippen LogP contribution in [0, 0.1) is 11.7 Å². The Morgan fingerprint density at radius 2 is 2.00 bits per heavy atom. The monoisotopic (exact) mass is 399 g/mol. The van der Waals surface area contributed by atoms with Crippen molar-refractivity contribution >= 4 is 11.8 Å². The van der Waals surface area contributed by atoms with Crippen LogP contribution >= 0.6 is 0 Å². The maximum Gasteiger partial charge on any atom is 0.219 e. The second-order valence-electron chi connectivity index (χ2n) is 8.20. The highest BCUT2D eigenvalue weighted by Crippen LogP contribution is 2.35. The number of fused-ring (bicyclic) bond motifs is 1. The van der Waals surface area contributed by atoms with Gasteiger partial charge in [-0.3, -0.25) is 14.5 Å². The number of hydrogen-bond acceptors (Lipinski definition) is 4. The van der Waals surface area contributed by atoms with Gasteiger partial charge in [0.05, 0.1) is 17.4 Å². The summed E-state index contributed by atoms with van der Waals surface area (Å²) >= 11 is 0. The number of nitrogens with zero attached hydrogens (tertiary/aromatic N) is 4. The summed E-state index contributed by atoms with van der Waals surface area (Å²) in [6.07, 6.45) is 4.69. The van der Waals surface area contributed by atoms with Crippen LogP contribution in [0.25, 0.3) is 5.69 Å². The number of carbonyl (C=O) groups is 2. The van der Waals surface area contributed by atoms with Crippen molar-refractivity contribution in [1.29, 1.82) is 0 Å². The maximum absolute atomic E-state index is 13.1. The molecule has 0 aliphatic carbocycles. The second-order valence-corrected chi connectivity index (χ2v) is 8.20. The summed E-state index contributed by atoms with van der Waals surface area (Å²) in [5.74, 6) is -0.0143. The first-order chi connectivity index (χ1) is 13.8. The van der Waals surface area contributed by atoms with Crippen molar-refractivity contribution in [1.82, 2.24) is 24.9 Å². The molecule has 1 aromatic carbocycles. The molecule has 2 atom stereocenters. The number of likely N-dealkylation sites (tertiary alicyclic amines) is 2. The minimum absolute atomic E-state index is 0.0521. The van der Waals surface area contributed by atoms with E-state index in [0.29, 0.717) is 26.2 Å². The lowest BCUT2D eigenvalue weighted by Crippen LogP contribution is -2.63. The number of carbonyl (C=O) groups excluding carboxylic acids is 2. The SMILES string of the molecule is CC(=O)N[C@@]12CN(Cc3cnn(-c4ccc(F)cc4)c3)CC[C@@H]1CN(C(C)=O)C2. The molecule has 2 fully saturated rings. The van der Waals surface area contributed by atoms with Crippen molar-refractivity contribution in [3.63, 3.8) is 0 Å². The van der Waals surface area contributed by atoms with Crippen LogP contribution in [0.4, 0.5) is 4.39 Å². The number of halogens is 1. The molecule has 0 saturated carbocycles. The van der Waals surface area contributed by atoms with Gasteiger partial charge < -0.3 is 10.2 Å². The summed E-state index contributed by atoms with van der Waals surface area (Å²) in [5.41, 5.74) is 1.45. The average Bonchev–Trinajstić information content (AvgIpc) is 3.26. The Morgan fingerprint density at radius 3 is 2.69 bits per heavy atom. The Hall–Kier alpha value is -2.74. The Bertz CT molecular complexity index is 912. The summed E-state index contributed by atoms with van der Waals surface area (Å²) in [6, 6.07) is 6.22. The fourth-order valence-corrected chi connectivity index (χ4v) is 4.68. The smallest absolute Gasteiger partial charge is 0.219 e. The predicted molar refractivity (Wildman–Crippen MR) is 106 cm³/mol. The summed E-state index contributed by atoms with van der Waals surface area (Å²) in [4.78, 5) is 28.0. The Balaban J connectivity index is 1.48. The fraction of sp³-hybridized carbons (Fsp3) is 0.476. The van der Waals surface area contributed by atoms with Gasteiger partial charge in [0.25, 0.3) is 0 Å². The van der Waals surface area contributed by atoms with Crippen molar-refractivity contribution in [3.8, 4) is 5.69 Å². The topological polar surface area (TPSA) is 70.5 Å². The van der Waals surface area contributed by atoms with Crippen LogP contribution in [-0.2, 0) is 16.1 Å². The van der Waals surface area contributed by atoms with E-state index in [1.807, 2.05) is 17.3 Å². The highest BCUT2D eigenvalue weighted by molar-refractivity contribution is 5.76. The van der Waals surface area contributed by atoms with Gasteiger partial charge in [0, 0.05) is 57.7 Å².